The molecular weight excluding hydrogens is 1380 g/mol. The van der Waals surface area contributed by atoms with Gasteiger partial charge in [-0.25, -0.2) is 9.13 Å². The van der Waals surface area contributed by atoms with Gasteiger partial charge in [-0.15, -0.1) is 0 Å². The predicted molar refractivity (Wildman–Crippen MR) is 435 cm³/mol. The second-order valence-corrected chi connectivity index (χ2v) is 28.0. The minimum absolute atomic E-state index is 0.0596. The van der Waals surface area contributed by atoms with Gasteiger partial charge in [0.1, 0.15) is 19.3 Å². The van der Waals surface area contributed by atoms with E-state index in [4.69, 9.17) is 37.0 Å². The molecule has 106 heavy (non-hydrogen) atoms. The van der Waals surface area contributed by atoms with Crippen LogP contribution in [0.25, 0.3) is 0 Å². The van der Waals surface area contributed by atoms with Crippen LogP contribution < -0.4 is 0 Å². The lowest BCUT2D eigenvalue weighted by Crippen LogP contribution is -2.30. The van der Waals surface area contributed by atoms with Gasteiger partial charge in [0, 0.05) is 19.3 Å². The molecule has 0 bridgehead atoms. The molecule has 0 aliphatic heterocycles. The van der Waals surface area contributed by atoms with Crippen molar-refractivity contribution in [2.24, 2.45) is 0 Å². The van der Waals surface area contributed by atoms with E-state index in [0.717, 1.165) is 173 Å². The van der Waals surface area contributed by atoms with Crippen molar-refractivity contribution in [3.8, 4) is 0 Å². The molecular formula is C87H136O17P2. The van der Waals surface area contributed by atoms with Crippen molar-refractivity contribution in [2.75, 3.05) is 39.6 Å². The average Bonchev–Trinajstić information content (AvgIpc) is 0.902. The van der Waals surface area contributed by atoms with E-state index in [2.05, 4.69) is 198 Å². The first-order valence-electron chi connectivity index (χ1n) is 39.3. The fourth-order valence-electron chi connectivity index (χ4n) is 9.45. The molecule has 0 aromatic carbocycles. The van der Waals surface area contributed by atoms with E-state index in [1.165, 1.54) is 0 Å². The highest BCUT2D eigenvalue weighted by molar-refractivity contribution is 7.47. The molecule has 19 heteroatoms. The van der Waals surface area contributed by atoms with E-state index in [0.29, 0.717) is 32.1 Å². The van der Waals surface area contributed by atoms with Gasteiger partial charge >= 0.3 is 39.5 Å². The molecule has 17 nitrogen and oxygen atoms in total. The number of hydrogen-bond donors (Lipinski definition) is 3. The van der Waals surface area contributed by atoms with Gasteiger partial charge in [-0.2, -0.15) is 0 Å². The summed E-state index contributed by atoms with van der Waals surface area (Å²) in [7, 11) is -10.0. The van der Waals surface area contributed by atoms with Gasteiger partial charge in [-0.1, -0.05) is 279 Å². The SMILES string of the molecule is CC/C=C\C/C=C\C/C=C\C/C=C\C/C=C\CCCC(=O)OCC(COP(=O)(O)OCC(O)COP(=O)(O)OCC(COC(=O)CCCCCC/C=C\C/C=C\C/C=C\C/C=C\CC)OC(=O)C/C=C\C/C=C\C/C=C\C/C=C\C/C=C\CC)OC(=O)CCCCCCCCC/C=C\C/C=C\C/C=C\CC. The number of carbonyl (C=O) groups excluding carboxylic acids is 4. The van der Waals surface area contributed by atoms with Gasteiger partial charge in [0.2, 0.25) is 0 Å². The van der Waals surface area contributed by atoms with E-state index in [1.807, 2.05) is 24.3 Å². The summed E-state index contributed by atoms with van der Waals surface area (Å²) >= 11 is 0. The number of rotatable bonds is 71. The lowest BCUT2D eigenvalue weighted by Gasteiger charge is -2.21. The van der Waals surface area contributed by atoms with Crippen LogP contribution in [0.1, 0.15) is 259 Å². The van der Waals surface area contributed by atoms with E-state index >= 15 is 0 Å². The summed E-state index contributed by atoms with van der Waals surface area (Å²) in [6.07, 6.45) is 95.6. The Morgan fingerprint density at radius 1 is 0.274 bits per heavy atom. The van der Waals surface area contributed by atoms with E-state index in [-0.39, 0.29) is 25.7 Å². The summed E-state index contributed by atoms with van der Waals surface area (Å²) in [6.45, 7) is 4.16. The van der Waals surface area contributed by atoms with Crippen LogP contribution in [-0.4, -0.2) is 96.7 Å². The topological polar surface area (TPSA) is 237 Å². The number of carbonyl (C=O) groups is 4. The Hall–Kier alpha value is -6.36. The van der Waals surface area contributed by atoms with Crippen molar-refractivity contribution in [1.82, 2.24) is 0 Å². The molecule has 5 atom stereocenters. The molecule has 0 rings (SSSR count). The molecule has 0 fully saturated rings. The predicted octanol–water partition coefficient (Wildman–Crippen LogP) is 23.1. The quantitative estimate of drug-likeness (QED) is 0.0169. The van der Waals surface area contributed by atoms with Crippen LogP contribution in [0, 0.1) is 0 Å². The zero-order valence-corrected chi connectivity index (χ0v) is 66.8. The van der Waals surface area contributed by atoms with Crippen molar-refractivity contribution in [3.63, 3.8) is 0 Å². The lowest BCUT2D eigenvalue weighted by molar-refractivity contribution is -0.161. The summed E-state index contributed by atoms with van der Waals surface area (Å²) in [5.74, 6) is -2.45. The van der Waals surface area contributed by atoms with Gasteiger partial charge in [-0.05, 0) is 161 Å². The van der Waals surface area contributed by atoms with Gasteiger partial charge in [0.15, 0.2) is 12.2 Å². The number of aliphatic hydroxyl groups excluding tert-OH is 1. The zero-order valence-electron chi connectivity index (χ0n) is 65.0. The molecule has 0 aromatic rings. The highest BCUT2D eigenvalue weighted by Crippen LogP contribution is 2.45. The summed E-state index contributed by atoms with van der Waals surface area (Å²) in [5.41, 5.74) is 0. The Kier molecular flexibility index (Phi) is 72.2. The van der Waals surface area contributed by atoms with Crippen molar-refractivity contribution >= 4 is 39.5 Å². The van der Waals surface area contributed by atoms with Crippen LogP contribution in [0.5, 0.6) is 0 Å². The largest absolute Gasteiger partial charge is 0.472 e. The first-order valence-corrected chi connectivity index (χ1v) is 42.3. The smallest absolute Gasteiger partial charge is 0.462 e. The summed E-state index contributed by atoms with van der Waals surface area (Å²) in [4.78, 5) is 73.0. The number of esters is 4. The number of allylic oxidation sites excluding steroid dienone is 33. The molecule has 3 N–H and O–H groups in total. The molecule has 0 aromatic heterocycles. The molecule has 0 saturated heterocycles. The third-order valence-electron chi connectivity index (χ3n) is 15.3. The number of phosphoric ester groups is 2. The van der Waals surface area contributed by atoms with Crippen LogP contribution in [0.2, 0.25) is 0 Å². The molecule has 0 amide bonds. The van der Waals surface area contributed by atoms with Crippen molar-refractivity contribution in [2.45, 2.75) is 277 Å². The fraction of sp³-hybridized carbons (Fsp3) is 0.563. The Bertz CT molecular complexity index is 2830. The molecule has 0 spiro atoms. The Labute approximate surface area is 639 Å². The fourth-order valence-corrected chi connectivity index (χ4v) is 11.0. The van der Waals surface area contributed by atoms with Gasteiger partial charge in [0.25, 0.3) is 0 Å². The Morgan fingerprint density at radius 3 is 0.830 bits per heavy atom. The van der Waals surface area contributed by atoms with Gasteiger partial charge in [-0.3, -0.25) is 37.3 Å². The van der Waals surface area contributed by atoms with Crippen molar-refractivity contribution in [1.29, 1.82) is 0 Å². The molecule has 0 radical (unpaired) electrons. The van der Waals surface area contributed by atoms with Crippen molar-refractivity contribution < 1.29 is 80.2 Å². The third kappa shape index (κ3) is 75.9. The van der Waals surface area contributed by atoms with E-state index < -0.39 is 97.5 Å². The first kappa shape index (κ1) is 99.6. The minimum atomic E-state index is -5.02. The van der Waals surface area contributed by atoms with Crippen LogP contribution in [0.3, 0.4) is 0 Å². The number of phosphoric acid groups is 2. The second-order valence-electron chi connectivity index (χ2n) is 25.1. The maximum atomic E-state index is 13.1. The zero-order chi connectivity index (χ0) is 77.4. The molecule has 0 aliphatic rings. The summed E-state index contributed by atoms with van der Waals surface area (Å²) in [5, 5.41) is 10.6. The maximum Gasteiger partial charge on any atom is 0.472 e. The van der Waals surface area contributed by atoms with Crippen LogP contribution >= 0.6 is 15.6 Å². The highest BCUT2D eigenvalue weighted by Gasteiger charge is 2.30. The monoisotopic (exact) mass is 1510 g/mol. The second kappa shape index (κ2) is 76.8. The third-order valence-corrected chi connectivity index (χ3v) is 17.2. The van der Waals surface area contributed by atoms with Crippen LogP contribution in [-0.2, 0) is 65.4 Å². The Balaban J connectivity index is 5.54. The van der Waals surface area contributed by atoms with Gasteiger partial charge in [0.05, 0.1) is 32.8 Å². The molecule has 0 heterocycles. The van der Waals surface area contributed by atoms with Gasteiger partial charge < -0.3 is 33.8 Å². The molecule has 596 valence electrons. The Morgan fingerprint density at radius 2 is 0.509 bits per heavy atom. The normalized spacial score (nSPS) is 15.0. The summed E-state index contributed by atoms with van der Waals surface area (Å²) < 4.78 is 68.4. The van der Waals surface area contributed by atoms with E-state index in [9.17, 15) is 43.2 Å². The lowest BCUT2D eigenvalue weighted by atomic mass is 10.1. The van der Waals surface area contributed by atoms with Crippen molar-refractivity contribution in [3.05, 3.63) is 207 Å². The maximum absolute atomic E-state index is 13.1. The molecule has 0 saturated carbocycles. The number of ether oxygens (including phenoxy) is 4. The number of aliphatic hydroxyl groups is 1. The molecule has 0 aliphatic carbocycles. The minimum Gasteiger partial charge on any atom is -0.462 e. The molecule has 5 unspecified atom stereocenters. The summed E-state index contributed by atoms with van der Waals surface area (Å²) in [6, 6.07) is 0. The van der Waals surface area contributed by atoms with E-state index in [1.54, 1.807) is 12.2 Å². The standard InChI is InChI=1S/C87H136O17P2/c1-5-9-13-17-21-25-29-33-37-40-44-47-51-55-59-63-67-71-84(89)97-77-82(103-86(91)73-69-65-61-57-53-49-43-36-32-28-24-20-16-12-8-4)79-101-105(93,94)99-75-81(88)76-100-106(95,96)102-80-83(104-87(92)74-70-66-62-58-54-50-46-42-39-35-31-27-23-19-15-11-7-3)78-98-85(90)72-68-64-60-56-52-48-45-41-38-34-30-26-22-18-14-10-6-2/h9-16,21-28,33-39,43-45,47-48,53,56-57,60,65,69,81-83,88H,5-8,17-20,29-32,40-42,46,49-52,54-55,58-59,61-64,66-68,70-80H2,1-4H3,(H,93,94)(H,95,96)/b13-9-,14-10-,15-11-,16-12-,25-21-,26-22-,27-23-,28-24-,37-33-,38-34-,39-35-,43-36-,47-44-,48-45-,57-53-,60-56-,69-65-. The number of hydrogen-bond acceptors (Lipinski definition) is 15. The van der Waals surface area contributed by atoms with Crippen LogP contribution in [0.4, 0.5) is 0 Å². The average molecular weight is 1520 g/mol. The highest BCUT2D eigenvalue weighted by atomic mass is 31.2. The first-order chi connectivity index (χ1) is 51.7. The van der Waals surface area contributed by atoms with Crippen LogP contribution in [0.15, 0.2) is 207 Å². The number of unbranched alkanes of at least 4 members (excludes halogenated alkanes) is 12.